The highest BCUT2D eigenvalue weighted by molar-refractivity contribution is 7.14. The molecule has 0 radical (unpaired) electrons. The van der Waals surface area contributed by atoms with E-state index < -0.39 is 6.03 Å². The Morgan fingerprint density at radius 3 is 2.89 bits per heavy atom. The fourth-order valence-electron chi connectivity index (χ4n) is 1.65. The Morgan fingerprint density at radius 2 is 2.33 bits per heavy atom. The second-order valence-electron chi connectivity index (χ2n) is 3.80. The molecule has 2 rings (SSSR count). The SMILES string of the molecule is Cc1sc(C(=O)NN)cc1CN1C(=O)CNC1=O. The van der Waals surface area contributed by atoms with Gasteiger partial charge in [-0.1, -0.05) is 0 Å². The third-order valence-corrected chi connectivity index (χ3v) is 3.73. The van der Waals surface area contributed by atoms with Crippen LogP contribution in [0, 0.1) is 6.92 Å². The van der Waals surface area contributed by atoms with Gasteiger partial charge in [-0.3, -0.25) is 19.9 Å². The number of nitrogens with zero attached hydrogens (tertiary/aromatic N) is 1. The third kappa shape index (κ3) is 2.20. The van der Waals surface area contributed by atoms with Crippen LogP contribution in [0.4, 0.5) is 4.79 Å². The average molecular weight is 268 g/mol. The Labute approximate surface area is 107 Å². The van der Waals surface area contributed by atoms with E-state index in [2.05, 4.69) is 5.32 Å². The first-order chi connectivity index (χ1) is 8.52. The molecule has 0 spiro atoms. The molecular formula is C10H12N4O3S. The van der Waals surface area contributed by atoms with E-state index in [-0.39, 0.29) is 24.9 Å². The largest absolute Gasteiger partial charge is 0.329 e. The second kappa shape index (κ2) is 4.75. The lowest BCUT2D eigenvalue weighted by Crippen LogP contribution is -2.30. The predicted molar refractivity (Wildman–Crippen MR) is 64.7 cm³/mol. The third-order valence-electron chi connectivity index (χ3n) is 2.64. The van der Waals surface area contributed by atoms with Crippen molar-refractivity contribution >= 4 is 29.2 Å². The highest BCUT2D eigenvalue weighted by atomic mass is 32.1. The molecule has 96 valence electrons. The minimum atomic E-state index is -0.407. The molecule has 8 heteroatoms. The maximum Gasteiger partial charge on any atom is 0.324 e. The van der Waals surface area contributed by atoms with E-state index in [0.29, 0.717) is 4.88 Å². The smallest absolute Gasteiger partial charge is 0.324 e. The van der Waals surface area contributed by atoms with Crippen molar-refractivity contribution in [2.45, 2.75) is 13.5 Å². The van der Waals surface area contributed by atoms with Crippen LogP contribution < -0.4 is 16.6 Å². The molecule has 1 aromatic heterocycles. The molecule has 1 aromatic rings. The maximum atomic E-state index is 11.4. The van der Waals surface area contributed by atoms with E-state index >= 15 is 0 Å². The molecule has 1 saturated heterocycles. The van der Waals surface area contributed by atoms with Crippen LogP contribution in [-0.4, -0.2) is 29.3 Å². The summed E-state index contributed by atoms with van der Waals surface area (Å²) in [5, 5.41) is 2.44. The van der Waals surface area contributed by atoms with Gasteiger partial charge in [0.05, 0.1) is 18.0 Å². The lowest BCUT2D eigenvalue weighted by atomic mass is 10.2. The number of urea groups is 1. The van der Waals surface area contributed by atoms with Crippen LogP contribution in [-0.2, 0) is 11.3 Å². The monoisotopic (exact) mass is 268 g/mol. The van der Waals surface area contributed by atoms with E-state index in [4.69, 9.17) is 5.84 Å². The van der Waals surface area contributed by atoms with Gasteiger partial charge >= 0.3 is 6.03 Å². The van der Waals surface area contributed by atoms with Crippen molar-refractivity contribution in [2.75, 3.05) is 6.54 Å². The van der Waals surface area contributed by atoms with Crippen LogP contribution in [0.15, 0.2) is 6.07 Å². The quantitative estimate of drug-likeness (QED) is 0.303. The fraction of sp³-hybridized carbons (Fsp3) is 0.300. The summed E-state index contributed by atoms with van der Waals surface area (Å²) in [4.78, 5) is 36.7. The van der Waals surface area contributed by atoms with Crippen molar-refractivity contribution in [1.82, 2.24) is 15.6 Å². The summed E-state index contributed by atoms with van der Waals surface area (Å²) in [6.45, 7) is 2.02. The van der Waals surface area contributed by atoms with Gasteiger partial charge in [0, 0.05) is 4.88 Å². The Morgan fingerprint density at radius 1 is 1.61 bits per heavy atom. The Balaban J connectivity index is 2.19. The summed E-state index contributed by atoms with van der Waals surface area (Å²) in [6.07, 6.45) is 0. The number of imide groups is 1. The number of thiophene rings is 1. The highest BCUT2D eigenvalue weighted by Gasteiger charge is 2.29. The maximum absolute atomic E-state index is 11.4. The van der Waals surface area contributed by atoms with E-state index in [9.17, 15) is 14.4 Å². The van der Waals surface area contributed by atoms with Gasteiger partial charge < -0.3 is 5.32 Å². The number of rotatable bonds is 3. The molecule has 0 bridgehead atoms. The van der Waals surface area contributed by atoms with Crippen molar-refractivity contribution in [2.24, 2.45) is 5.84 Å². The minimum absolute atomic E-state index is 0.0260. The minimum Gasteiger partial charge on any atom is -0.329 e. The molecule has 2 heterocycles. The van der Waals surface area contributed by atoms with Crippen LogP contribution >= 0.6 is 11.3 Å². The Kier molecular flexibility index (Phi) is 3.30. The first-order valence-corrected chi connectivity index (χ1v) is 6.03. The highest BCUT2D eigenvalue weighted by Crippen LogP contribution is 2.23. The van der Waals surface area contributed by atoms with E-state index in [1.807, 2.05) is 12.3 Å². The average Bonchev–Trinajstić information content (AvgIpc) is 2.86. The topological polar surface area (TPSA) is 105 Å². The van der Waals surface area contributed by atoms with Crippen molar-refractivity contribution in [3.8, 4) is 0 Å². The van der Waals surface area contributed by atoms with Gasteiger partial charge in [0.25, 0.3) is 5.91 Å². The number of hydrogen-bond donors (Lipinski definition) is 3. The van der Waals surface area contributed by atoms with E-state index in [1.54, 1.807) is 6.07 Å². The predicted octanol–water partition coefficient (Wildman–Crippen LogP) is -0.288. The first kappa shape index (κ1) is 12.5. The summed E-state index contributed by atoms with van der Waals surface area (Å²) in [5.74, 6) is 4.40. The molecular weight excluding hydrogens is 256 g/mol. The van der Waals surface area contributed by atoms with Gasteiger partial charge in [-0.15, -0.1) is 11.3 Å². The standard InChI is InChI=1S/C10H12N4O3S/c1-5-6(2-7(18-5)9(16)13-11)4-14-8(15)3-12-10(14)17/h2H,3-4,11H2,1H3,(H,12,17)(H,13,16). The van der Waals surface area contributed by atoms with Crippen molar-refractivity contribution in [3.05, 3.63) is 21.4 Å². The summed E-state index contributed by atoms with van der Waals surface area (Å²) >= 11 is 1.27. The number of aryl methyl sites for hydroxylation is 1. The molecule has 1 aliphatic rings. The molecule has 0 saturated carbocycles. The number of hydrazine groups is 1. The van der Waals surface area contributed by atoms with Crippen LogP contribution in [0.2, 0.25) is 0 Å². The zero-order chi connectivity index (χ0) is 13.3. The summed E-state index contributed by atoms with van der Waals surface area (Å²) in [6, 6.07) is 1.23. The number of nitrogens with two attached hydrogens (primary N) is 1. The van der Waals surface area contributed by atoms with Gasteiger partial charge in [0.15, 0.2) is 0 Å². The molecule has 4 amide bonds. The molecule has 4 N–H and O–H groups in total. The molecule has 1 aliphatic heterocycles. The van der Waals surface area contributed by atoms with Crippen molar-refractivity contribution < 1.29 is 14.4 Å². The number of nitrogens with one attached hydrogen (secondary N) is 2. The van der Waals surface area contributed by atoms with Crippen LogP contribution in [0.3, 0.4) is 0 Å². The molecule has 7 nitrogen and oxygen atoms in total. The van der Waals surface area contributed by atoms with Crippen molar-refractivity contribution in [3.63, 3.8) is 0 Å². The van der Waals surface area contributed by atoms with Gasteiger partial charge in [-0.25, -0.2) is 10.6 Å². The molecule has 0 atom stereocenters. The van der Waals surface area contributed by atoms with Gasteiger partial charge in [0.1, 0.15) is 0 Å². The fourth-order valence-corrected chi connectivity index (χ4v) is 2.58. The zero-order valence-corrected chi connectivity index (χ0v) is 10.5. The molecule has 0 aliphatic carbocycles. The van der Waals surface area contributed by atoms with Crippen molar-refractivity contribution in [1.29, 1.82) is 0 Å². The molecule has 1 fully saturated rings. The van der Waals surface area contributed by atoms with Crippen LogP contribution in [0.25, 0.3) is 0 Å². The summed E-state index contributed by atoms with van der Waals surface area (Å²) in [5.41, 5.74) is 2.81. The molecule has 0 aromatic carbocycles. The van der Waals surface area contributed by atoms with E-state index in [1.165, 1.54) is 11.3 Å². The zero-order valence-electron chi connectivity index (χ0n) is 9.65. The number of carbonyl (C=O) groups excluding carboxylic acids is 3. The van der Waals surface area contributed by atoms with Gasteiger partial charge in [0.2, 0.25) is 5.91 Å². The number of nitrogen functional groups attached to an aromatic ring is 1. The first-order valence-electron chi connectivity index (χ1n) is 5.21. The van der Waals surface area contributed by atoms with Crippen LogP contribution in [0.1, 0.15) is 20.1 Å². The normalized spacial score (nSPS) is 14.9. The molecule has 0 unspecified atom stereocenters. The van der Waals surface area contributed by atoms with Gasteiger partial charge in [-0.2, -0.15) is 0 Å². The lowest BCUT2D eigenvalue weighted by molar-refractivity contribution is -0.125. The Bertz CT molecular complexity index is 509. The van der Waals surface area contributed by atoms with E-state index in [0.717, 1.165) is 15.3 Å². The summed E-state index contributed by atoms with van der Waals surface area (Å²) in [7, 11) is 0. The Hall–Kier alpha value is -1.93. The number of carbonyl (C=O) groups is 3. The summed E-state index contributed by atoms with van der Waals surface area (Å²) < 4.78 is 0. The van der Waals surface area contributed by atoms with Gasteiger partial charge in [-0.05, 0) is 18.6 Å². The number of hydrogen-bond acceptors (Lipinski definition) is 5. The molecule has 18 heavy (non-hydrogen) atoms. The van der Waals surface area contributed by atoms with Crippen LogP contribution in [0.5, 0.6) is 0 Å². The second-order valence-corrected chi connectivity index (χ2v) is 5.06. The number of amides is 4. The lowest BCUT2D eigenvalue weighted by Gasteiger charge is -2.11.